The lowest BCUT2D eigenvalue weighted by Crippen LogP contribution is -2.22. The van der Waals surface area contributed by atoms with Gasteiger partial charge in [-0.15, -0.1) is 11.8 Å². The maximum atomic E-state index is 11.0. The molecule has 3 rings (SSSR count). The number of hydrogen-bond donors (Lipinski definition) is 1. The molecular formula is C18H16BrN3OS. The van der Waals surface area contributed by atoms with Crippen molar-refractivity contribution in [2.75, 3.05) is 12.3 Å². The summed E-state index contributed by atoms with van der Waals surface area (Å²) in [5, 5.41) is 4.78. The lowest BCUT2D eigenvalue weighted by Gasteiger charge is -2.09. The van der Waals surface area contributed by atoms with Crippen molar-refractivity contribution in [1.29, 1.82) is 0 Å². The van der Waals surface area contributed by atoms with Crippen molar-refractivity contribution in [2.24, 2.45) is 0 Å². The van der Waals surface area contributed by atoms with E-state index in [-0.39, 0.29) is 5.91 Å². The summed E-state index contributed by atoms with van der Waals surface area (Å²) in [5.41, 5.74) is 1.90. The summed E-state index contributed by atoms with van der Waals surface area (Å²) in [6.45, 7) is 2.14. The minimum atomic E-state index is -0.0151. The van der Waals surface area contributed by atoms with Crippen LogP contribution in [-0.4, -0.2) is 28.2 Å². The van der Waals surface area contributed by atoms with E-state index in [1.54, 1.807) is 11.8 Å². The molecule has 0 saturated carbocycles. The molecule has 1 aromatic heterocycles. The second kappa shape index (κ2) is 7.77. The molecule has 0 saturated heterocycles. The molecule has 1 heterocycles. The Hall–Kier alpha value is -1.92. The fourth-order valence-electron chi connectivity index (χ4n) is 2.26. The van der Waals surface area contributed by atoms with E-state index >= 15 is 0 Å². The van der Waals surface area contributed by atoms with Gasteiger partial charge in [-0.2, -0.15) is 0 Å². The van der Waals surface area contributed by atoms with Gasteiger partial charge in [-0.3, -0.25) is 4.79 Å². The number of thioether (sulfide) groups is 1. The molecule has 0 bridgehead atoms. The van der Waals surface area contributed by atoms with E-state index in [4.69, 9.17) is 4.98 Å². The van der Waals surface area contributed by atoms with E-state index in [2.05, 4.69) is 26.2 Å². The SMILES string of the molecule is CC(=O)NCCSc1nc(-c2ccc(Br)cc2)nc2ccccc12. The summed E-state index contributed by atoms with van der Waals surface area (Å²) in [6, 6.07) is 16.0. The smallest absolute Gasteiger partial charge is 0.216 e. The van der Waals surface area contributed by atoms with Gasteiger partial charge in [0.2, 0.25) is 5.91 Å². The third-order valence-corrected chi connectivity index (χ3v) is 4.91. The Morgan fingerprint density at radius 3 is 2.62 bits per heavy atom. The summed E-state index contributed by atoms with van der Waals surface area (Å²) in [7, 11) is 0. The van der Waals surface area contributed by atoms with E-state index in [1.165, 1.54) is 6.92 Å². The van der Waals surface area contributed by atoms with Gasteiger partial charge in [0.25, 0.3) is 0 Å². The van der Waals surface area contributed by atoms with Gasteiger partial charge in [0.05, 0.1) is 5.52 Å². The van der Waals surface area contributed by atoms with E-state index < -0.39 is 0 Å². The average molecular weight is 402 g/mol. The molecule has 0 atom stereocenters. The fourth-order valence-corrected chi connectivity index (χ4v) is 3.40. The van der Waals surface area contributed by atoms with Crippen LogP contribution < -0.4 is 5.32 Å². The zero-order valence-corrected chi connectivity index (χ0v) is 15.5. The Morgan fingerprint density at radius 2 is 1.88 bits per heavy atom. The van der Waals surface area contributed by atoms with Gasteiger partial charge in [-0.05, 0) is 18.2 Å². The van der Waals surface area contributed by atoms with Gasteiger partial charge >= 0.3 is 0 Å². The Balaban J connectivity index is 1.93. The maximum Gasteiger partial charge on any atom is 0.216 e. The zero-order valence-electron chi connectivity index (χ0n) is 13.1. The first-order chi connectivity index (χ1) is 11.6. The van der Waals surface area contributed by atoms with Crippen LogP contribution in [0.2, 0.25) is 0 Å². The van der Waals surface area contributed by atoms with Crippen LogP contribution in [0.1, 0.15) is 6.92 Å². The normalized spacial score (nSPS) is 10.8. The number of rotatable bonds is 5. The van der Waals surface area contributed by atoms with E-state index in [1.807, 2.05) is 48.5 Å². The van der Waals surface area contributed by atoms with Crippen LogP contribution in [0.5, 0.6) is 0 Å². The predicted molar refractivity (Wildman–Crippen MR) is 102 cm³/mol. The molecule has 0 fully saturated rings. The van der Waals surface area contributed by atoms with Crippen LogP contribution in [0.25, 0.3) is 22.3 Å². The largest absolute Gasteiger partial charge is 0.356 e. The molecule has 4 nitrogen and oxygen atoms in total. The highest BCUT2D eigenvalue weighted by atomic mass is 79.9. The lowest BCUT2D eigenvalue weighted by molar-refractivity contribution is -0.118. The number of carbonyl (C=O) groups is 1. The minimum Gasteiger partial charge on any atom is -0.356 e. The minimum absolute atomic E-state index is 0.0151. The molecule has 3 aromatic rings. The van der Waals surface area contributed by atoms with Gasteiger partial charge in [0.1, 0.15) is 5.03 Å². The molecule has 0 spiro atoms. The third kappa shape index (κ3) is 4.13. The first kappa shape index (κ1) is 16.9. The predicted octanol–water partition coefficient (Wildman–Crippen LogP) is 4.29. The van der Waals surface area contributed by atoms with Gasteiger partial charge in [0, 0.05) is 34.6 Å². The van der Waals surface area contributed by atoms with Crippen LogP contribution in [-0.2, 0) is 4.79 Å². The van der Waals surface area contributed by atoms with E-state index in [0.29, 0.717) is 12.4 Å². The Kier molecular flexibility index (Phi) is 5.48. The number of hydrogen-bond acceptors (Lipinski definition) is 4. The number of amides is 1. The lowest BCUT2D eigenvalue weighted by atomic mass is 10.2. The number of nitrogens with one attached hydrogen (secondary N) is 1. The van der Waals surface area contributed by atoms with Crippen molar-refractivity contribution in [1.82, 2.24) is 15.3 Å². The number of nitrogens with zero attached hydrogens (tertiary/aromatic N) is 2. The summed E-state index contributed by atoms with van der Waals surface area (Å²) in [6.07, 6.45) is 0. The molecule has 0 aliphatic rings. The molecular weight excluding hydrogens is 386 g/mol. The number of aromatic nitrogens is 2. The number of carbonyl (C=O) groups excluding carboxylic acids is 1. The Morgan fingerprint density at radius 1 is 1.12 bits per heavy atom. The molecule has 0 radical (unpaired) electrons. The van der Waals surface area contributed by atoms with Crippen LogP contribution in [0.15, 0.2) is 58.0 Å². The average Bonchev–Trinajstić information content (AvgIpc) is 2.59. The molecule has 24 heavy (non-hydrogen) atoms. The maximum absolute atomic E-state index is 11.0. The number of para-hydroxylation sites is 1. The first-order valence-electron chi connectivity index (χ1n) is 7.53. The number of benzene rings is 2. The summed E-state index contributed by atoms with van der Waals surface area (Å²) < 4.78 is 1.02. The van der Waals surface area contributed by atoms with Crippen molar-refractivity contribution in [2.45, 2.75) is 11.9 Å². The van der Waals surface area contributed by atoms with Crippen LogP contribution in [0.3, 0.4) is 0 Å². The zero-order chi connectivity index (χ0) is 16.9. The van der Waals surface area contributed by atoms with E-state index in [9.17, 15) is 4.79 Å². The van der Waals surface area contributed by atoms with Gasteiger partial charge < -0.3 is 5.32 Å². The van der Waals surface area contributed by atoms with Crippen molar-refractivity contribution in [3.63, 3.8) is 0 Å². The summed E-state index contributed by atoms with van der Waals surface area (Å²) in [5.74, 6) is 1.46. The monoisotopic (exact) mass is 401 g/mol. The fraction of sp³-hybridized carbons (Fsp3) is 0.167. The van der Waals surface area contributed by atoms with E-state index in [0.717, 1.165) is 31.7 Å². The number of fused-ring (bicyclic) bond motifs is 1. The van der Waals surface area contributed by atoms with Crippen molar-refractivity contribution in [3.05, 3.63) is 53.0 Å². The van der Waals surface area contributed by atoms with Crippen LogP contribution >= 0.6 is 27.7 Å². The second-order valence-corrected chi connectivity index (χ2v) is 7.21. The molecule has 122 valence electrons. The van der Waals surface area contributed by atoms with Crippen LogP contribution in [0, 0.1) is 0 Å². The molecule has 0 unspecified atom stereocenters. The third-order valence-electron chi connectivity index (χ3n) is 3.39. The van der Waals surface area contributed by atoms with Crippen molar-refractivity contribution >= 4 is 44.5 Å². The van der Waals surface area contributed by atoms with Crippen LogP contribution in [0.4, 0.5) is 0 Å². The molecule has 0 aliphatic carbocycles. The first-order valence-corrected chi connectivity index (χ1v) is 9.31. The standard InChI is InChI=1S/C18H16BrN3OS/c1-12(23)20-10-11-24-18-15-4-2-3-5-16(15)21-17(22-18)13-6-8-14(19)9-7-13/h2-9H,10-11H2,1H3,(H,20,23). The number of halogens is 1. The Labute approximate surface area is 153 Å². The Bertz CT molecular complexity index is 868. The van der Waals surface area contributed by atoms with Gasteiger partial charge in [0.15, 0.2) is 5.82 Å². The van der Waals surface area contributed by atoms with Crippen molar-refractivity contribution in [3.8, 4) is 11.4 Å². The summed E-state index contributed by atoms with van der Waals surface area (Å²) >= 11 is 5.08. The van der Waals surface area contributed by atoms with Gasteiger partial charge in [-0.1, -0.05) is 46.3 Å². The topological polar surface area (TPSA) is 54.9 Å². The van der Waals surface area contributed by atoms with Gasteiger partial charge in [-0.25, -0.2) is 9.97 Å². The molecule has 1 N–H and O–H groups in total. The summed E-state index contributed by atoms with van der Waals surface area (Å²) in [4.78, 5) is 20.4. The molecule has 6 heteroatoms. The second-order valence-electron chi connectivity index (χ2n) is 5.21. The molecule has 2 aromatic carbocycles. The van der Waals surface area contributed by atoms with Crippen molar-refractivity contribution < 1.29 is 4.79 Å². The quantitative estimate of drug-likeness (QED) is 0.393. The highest BCUT2D eigenvalue weighted by Gasteiger charge is 2.10. The molecule has 1 amide bonds. The highest BCUT2D eigenvalue weighted by molar-refractivity contribution is 9.10. The highest BCUT2D eigenvalue weighted by Crippen LogP contribution is 2.28. The molecule has 0 aliphatic heterocycles.